The summed E-state index contributed by atoms with van der Waals surface area (Å²) < 4.78 is 39.0. The van der Waals surface area contributed by atoms with Gasteiger partial charge in [0, 0.05) is 16.5 Å². The maximum Gasteiger partial charge on any atom is 0.451 e. The first-order chi connectivity index (χ1) is 11.5. The number of rotatable bonds is 5. The summed E-state index contributed by atoms with van der Waals surface area (Å²) >= 11 is 2.84. The standard InChI is InChI=1S/C16H14F3N3S2/c1-2-5-13-20-10(8-23-13)9-24-14-11-6-3-4-7-12(11)21-15(22-14)16(17,18)19/h3-4,6-8H,2,5,9H2,1H3. The molecule has 0 saturated heterocycles. The summed E-state index contributed by atoms with van der Waals surface area (Å²) in [5, 5.41) is 3.96. The molecule has 0 atom stereocenters. The Hall–Kier alpha value is -1.67. The summed E-state index contributed by atoms with van der Waals surface area (Å²) in [4.78, 5) is 11.9. The molecule has 3 nitrogen and oxygen atoms in total. The number of hydrogen-bond donors (Lipinski definition) is 0. The minimum Gasteiger partial charge on any atom is -0.245 e. The van der Waals surface area contributed by atoms with Crippen LogP contribution in [-0.4, -0.2) is 15.0 Å². The van der Waals surface area contributed by atoms with Crippen molar-refractivity contribution in [1.29, 1.82) is 0 Å². The molecular formula is C16H14F3N3S2. The number of aryl methyl sites for hydroxylation is 1. The monoisotopic (exact) mass is 369 g/mol. The topological polar surface area (TPSA) is 38.7 Å². The zero-order valence-electron chi connectivity index (χ0n) is 12.8. The highest BCUT2D eigenvalue weighted by atomic mass is 32.2. The van der Waals surface area contributed by atoms with E-state index in [1.54, 1.807) is 35.6 Å². The van der Waals surface area contributed by atoms with E-state index in [1.165, 1.54) is 11.8 Å². The normalized spacial score (nSPS) is 12.0. The molecule has 126 valence electrons. The molecule has 0 spiro atoms. The van der Waals surface area contributed by atoms with Crippen LogP contribution in [0.15, 0.2) is 34.7 Å². The zero-order valence-corrected chi connectivity index (χ0v) is 14.4. The van der Waals surface area contributed by atoms with E-state index in [4.69, 9.17) is 0 Å². The first-order valence-electron chi connectivity index (χ1n) is 7.37. The molecule has 0 radical (unpaired) electrons. The number of hydrogen-bond acceptors (Lipinski definition) is 5. The highest BCUT2D eigenvalue weighted by Crippen LogP contribution is 2.33. The molecule has 3 rings (SSSR count). The lowest BCUT2D eigenvalue weighted by atomic mass is 10.2. The third-order valence-corrected chi connectivity index (χ3v) is 5.22. The van der Waals surface area contributed by atoms with Crippen molar-refractivity contribution in [1.82, 2.24) is 15.0 Å². The van der Waals surface area contributed by atoms with Crippen LogP contribution in [0, 0.1) is 0 Å². The van der Waals surface area contributed by atoms with E-state index >= 15 is 0 Å². The van der Waals surface area contributed by atoms with Crippen LogP contribution < -0.4 is 0 Å². The van der Waals surface area contributed by atoms with Crippen LogP contribution in [0.3, 0.4) is 0 Å². The van der Waals surface area contributed by atoms with Gasteiger partial charge in [-0.05, 0) is 18.9 Å². The molecule has 0 aliphatic rings. The van der Waals surface area contributed by atoms with Gasteiger partial charge >= 0.3 is 6.18 Å². The molecule has 0 unspecified atom stereocenters. The Balaban J connectivity index is 1.89. The Morgan fingerprint density at radius 1 is 1.12 bits per heavy atom. The molecule has 0 saturated carbocycles. The fourth-order valence-electron chi connectivity index (χ4n) is 2.17. The van der Waals surface area contributed by atoms with Gasteiger partial charge in [-0.15, -0.1) is 11.3 Å². The number of halogens is 3. The molecule has 0 aliphatic carbocycles. The third kappa shape index (κ3) is 3.87. The Labute approximate surface area is 145 Å². The Morgan fingerprint density at radius 2 is 1.92 bits per heavy atom. The van der Waals surface area contributed by atoms with E-state index in [9.17, 15) is 13.2 Å². The molecule has 0 fully saturated rings. The maximum atomic E-state index is 13.0. The van der Waals surface area contributed by atoms with Crippen molar-refractivity contribution in [2.24, 2.45) is 0 Å². The fourth-order valence-corrected chi connectivity index (χ4v) is 4.09. The van der Waals surface area contributed by atoms with E-state index in [0.29, 0.717) is 21.7 Å². The second-order valence-corrected chi connectivity index (χ2v) is 7.05. The number of fused-ring (bicyclic) bond motifs is 1. The van der Waals surface area contributed by atoms with Crippen LogP contribution in [0.5, 0.6) is 0 Å². The average molecular weight is 369 g/mol. The van der Waals surface area contributed by atoms with Crippen molar-refractivity contribution in [3.05, 3.63) is 46.2 Å². The Kier molecular flexibility index (Phi) is 5.05. The first-order valence-corrected chi connectivity index (χ1v) is 9.24. The van der Waals surface area contributed by atoms with Crippen LogP contribution in [0.4, 0.5) is 13.2 Å². The number of nitrogens with zero attached hydrogens (tertiary/aromatic N) is 3. The lowest BCUT2D eigenvalue weighted by Gasteiger charge is -2.09. The van der Waals surface area contributed by atoms with Crippen molar-refractivity contribution in [3.8, 4) is 0 Å². The molecule has 0 bridgehead atoms. The van der Waals surface area contributed by atoms with Crippen molar-refractivity contribution >= 4 is 34.0 Å². The van der Waals surface area contributed by atoms with Crippen molar-refractivity contribution in [2.75, 3.05) is 0 Å². The number of alkyl halides is 3. The van der Waals surface area contributed by atoms with Crippen LogP contribution in [-0.2, 0) is 18.3 Å². The lowest BCUT2D eigenvalue weighted by molar-refractivity contribution is -0.145. The molecule has 8 heteroatoms. The summed E-state index contributed by atoms with van der Waals surface area (Å²) in [6.45, 7) is 2.08. The molecule has 0 N–H and O–H groups in total. The van der Waals surface area contributed by atoms with Gasteiger partial charge in [0.25, 0.3) is 0 Å². The largest absolute Gasteiger partial charge is 0.451 e. The quantitative estimate of drug-likeness (QED) is 0.449. The molecule has 0 amide bonds. The van der Waals surface area contributed by atoms with Crippen LogP contribution in [0.25, 0.3) is 10.9 Å². The van der Waals surface area contributed by atoms with Gasteiger partial charge < -0.3 is 0 Å². The van der Waals surface area contributed by atoms with E-state index < -0.39 is 12.0 Å². The highest BCUT2D eigenvalue weighted by molar-refractivity contribution is 7.98. The second-order valence-electron chi connectivity index (χ2n) is 5.14. The zero-order chi connectivity index (χ0) is 17.2. The van der Waals surface area contributed by atoms with Gasteiger partial charge in [-0.2, -0.15) is 13.2 Å². The summed E-state index contributed by atoms with van der Waals surface area (Å²) in [6.07, 6.45) is -2.62. The number of thiazole rings is 1. The number of aromatic nitrogens is 3. The van der Waals surface area contributed by atoms with Gasteiger partial charge in [-0.25, -0.2) is 15.0 Å². The van der Waals surface area contributed by atoms with E-state index in [2.05, 4.69) is 21.9 Å². The van der Waals surface area contributed by atoms with Crippen molar-refractivity contribution in [2.45, 2.75) is 36.7 Å². The molecule has 24 heavy (non-hydrogen) atoms. The van der Waals surface area contributed by atoms with Gasteiger partial charge in [0.2, 0.25) is 5.82 Å². The average Bonchev–Trinajstić information content (AvgIpc) is 2.99. The van der Waals surface area contributed by atoms with Gasteiger partial charge in [0.15, 0.2) is 0 Å². The smallest absolute Gasteiger partial charge is 0.245 e. The number of para-hydroxylation sites is 1. The molecule has 1 aromatic carbocycles. The van der Waals surface area contributed by atoms with E-state index in [0.717, 1.165) is 23.5 Å². The third-order valence-electron chi connectivity index (χ3n) is 3.24. The number of benzene rings is 1. The predicted octanol–water partition coefficient (Wildman–Crippen LogP) is 5.35. The van der Waals surface area contributed by atoms with Crippen LogP contribution in [0.2, 0.25) is 0 Å². The van der Waals surface area contributed by atoms with E-state index in [1.807, 2.05) is 5.38 Å². The fraction of sp³-hybridized carbons (Fsp3) is 0.312. The summed E-state index contributed by atoms with van der Waals surface area (Å²) in [5.74, 6) is -0.618. The van der Waals surface area contributed by atoms with Crippen LogP contribution >= 0.6 is 23.1 Å². The number of thioether (sulfide) groups is 1. The van der Waals surface area contributed by atoms with Crippen molar-refractivity contribution < 1.29 is 13.2 Å². The maximum absolute atomic E-state index is 13.0. The first kappa shape index (κ1) is 17.2. The minimum atomic E-state index is -4.56. The summed E-state index contributed by atoms with van der Waals surface area (Å²) in [6, 6.07) is 6.74. The molecule has 0 aliphatic heterocycles. The molecule has 2 aromatic heterocycles. The summed E-state index contributed by atoms with van der Waals surface area (Å²) in [5.41, 5.74) is 1.16. The molecule has 3 aromatic rings. The van der Waals surface area contributed by atoms with Gasteiger partial charge in [-0.1, -0.05) is 36.9 Å². The molecule has 2 heterocycles. The lowest BCUT2D eigenvalue weighted by Crippen LogP contribution is -2.11. The van der Waals surface area contributed by atoms with Gasteiger partial charge in [-0.3, -0.25) is 0 Å². The predicted molar refractivity (Wildman–Crippen MR) is 90.2 cm³/mol. The van der Waals surface area contributed by atoms with Gasteiger partial charge in [0.1, 0.15) is 5.03 Å². The van der Waals surface area contributed by atoms with Crippen molar-refractivity contribution in [3.63, 3.8) is 0 Å². The van der Waals surface area contributed by atoms with E-state index in [-0.39, 0.29) is 0 Å². The summed E-state index contributed by atoms with van der Waals surface area (Å²) in [7, 11) is 0. The SMILES string of the molecule is CCCc1nc(CSc2nc(C(F)(F)F)nc3ccccc23)cs1. The second kappa shape index (κ2) is 7.06. The minimum absolute atomic E-state index is 0.298. The molecular weight excluding hydrogens is 355 g/mol. The Morgan fingerprint density at radius 3 is 2.67 bits per heavy atom. The highest BCUT2D eigenvalue weighted by Gasteiger charge is 2.35. The Bertz CT molecular complexity index is 846. The van der Waals surface area contributed by atoms with Gasteiger partial charge in [0.05, 0.1) is 16.2 Å². The van der Waals surface area contributed by atoms with Crippen LogP contribution in [0.1, 0.15) is 29.9 Å².